The number of sulfone groups is 1. The number of halogens is 1. The van der Waals surface area contributed by atoms with Gasteiger partial charge in [-0.3, -0.25) is 4.72 Å². The first-order valence-electron chi connectivity index (χ1n) is 12.6. The molecule has 0 spiro atoms. The summed E-state index contributed by atoms with van der Waals surface area (Å²) in [6, 6.07) is 27.7. The van der Waals surface area contributed by atoms with Crippen molar-refractivity contribution in [1.82, 2.24) is 14.5 Å². The second-order valence-electron chi connectivity index (χ2n) is 9.39. The predicted octanol–water partition coefficient (Wildman–Crippen LogP) is 5.97. The highest BCUT2D eigenvalue weighted by atomic mass is 32.2. The first-order chi connectivity index (χ1) is 19.7. The van der Waals surface area contributed by atoms with E-state index in [9.17, 15) is 21.2 Å². The molecule has 1 N–H and O–H groups in total. The normalized spacial score (nSPS) is 12.9. The lowest BCUT2D eigenvalue weighted by Crippen LogP contribution is -2.20. The fraction of sp³-hybridized carbons (Fsp3) is 0.0667. The van der Waals surface area contributed by atoms with Gasteiger partial charge in [0, 0.05) is 0 Å². The Morgan fingerprint density at radius 1 is 0.707 bits per heavy atom. The Morgan fingerprint density at radius 2 is 1.27 bits per heavy atom. The summed E-state index contributed by atoms with van der Waals surface area (Å²) >= 11 is 0. The number of rotatable bonds is 7. The quantitative estimate of drug-likeness (QED) is 0.247. The summed E-state index contributed by atoms with van der Waals surface area (Å²) in [5.41, 5.74) is 1.95. The Hall–Kier alpha value is -4.61. The standard InChI is InChI=1S/C30H23FN4O4S2/c1-20(21-10-4-2-5-11-21)35-29-27(32-25-14-8-9-15-26(25)33-29)28(40(36,37)23-12-6-3-7-13-23)30(35)34-41(38,39)24-18-16-22(31)17-19-24/h2-20,34H,1H3/t20-/m1/s1. The van der Waals surface area contributed by atoms with E-state index in [1.54, 1.807) is 47.0 Å². The van der Waals surface area contributed by atoms with Crippen molar-refractivity contribution in [3.05, 3.63) is 121 Å². The second-order valence-corrected chi connectivity index (χ2v) is 13.0. The zero-order valence-corrected chi connectivity index (χ0v) is 23.3. The van der Waals surface area contributed by atoms with Gasteiger partial charge in [-0.15, -0.1) is 0 Å². The Balaban J connectivity index is 1.73. The minimum Gasteiger partial charge on any atom is -0.302 e. The summed E-state index contributed by atoms with van der Waals surface area (Å²) in [5, 5.41) is 0. The molecule has 2 heterocycles. The van der Waals surface area contributed by atoms with Crippen molar-refractivity contribution in [1.29, 1.82) is 0 Å². The molecule has 41 heavy (non-hydrogen) atoms. The molecule has 0 unspecified atom stereocenters. The molecule has 0 aliphatic rings. The summed E-state index contributed by atoms with van der Waals surface area (Å²) in [6.07, 6.45) is 0. The third-order valence-corrected chi connectivity index (χ3v) is 9.97. The van der Waals surface area contributed by atoms with Crippen LogP contribution in [0.3, 0.4) is 0 Å². The number of para-hydroxylation sites is 2. The zero-order chi connectivity index (χ0) is 28.8. The van der Waals surface area contributed by atoms with E-state index in [2.05, 4.69) is 4.72 Å². The average Bonchev–Trinajstić information content (AvgIpc) is 3.29. The summed E-state index contributed by atoms with van der Waals surface area (Å²) in [7, 11) is -8.72. The second kappa shape index (κ2) is 10.1. The van der Waals surface area contributed by atoms with Gasteiger partial charge in [-0.2, -0.15) is 0 Å². The van der Waals surface area contributed by atoms with E-state index in [0.29, 0.717) is 11.0 Å². The van der Waals surface area contributed by atoms with Crippen LogP contribution in [0.1, 0.15) is 18.5 Å². The molecule has 8 nitrogen and oxygen atoms in total. The van der Waals surface area contributed by atoms with Crippen LogP contribution in [0.4, 0.5) is 10.2 Å². The van der Waals surface area contributed by atoms with Gasteiger partial charge in [-0.1, -0.05) is 60.7 Å². The maximum Gasteiger partial charge on any atom is 0.263 e. The maximum absolute atomic E-state index is 14.3. The summed E-state index contributed by atoms with van der Waals surface area (Å²) in [6.45, 7) is 1.82. The molecule has 4 aromatic carbocycles. The van der Waals surface area contributed by atoms with Gasteiger partial charge in [0.25, 0.3) is 10.0 Å². The number of nitrogens with zero attached hydrogens (tertiary/aromatic N) is 3. The number of anilines is 1. The Bertz CT molecular complexity index is 2120. The van der Waals surface area contributed by atoms with E-state index in [1.165, 1.54) is 12.1 Å². The molecule has 6 rings (SSSR count). The van der Waals surface area contributed by atoms with E-state index < -0.39 is 31.7 Å². The monoisotopic (exact) mass is 586 g/mol. The molecule has 0 radical (unpaired) electrons. The molecule has 6 aromatic rings. The van der Waals surface area contributed by atoms with Crippen LogP contribution in [0.25, 0.3) is 22.2 Å². The van der Waals surface area contributed by atoms with Gasteiger partial charge in [0.1, 0.15) is 22.0 Å². The van der Waals surface area contributed by atoms with Crippen molar-refractivity contribution in [2.75, 3.05) is 4.72 Å². The van der Waals surface area contributed by atoms with E-state index in [0.717, 1.165) is 29.8 Å². The van der Waals surface area contributed by atoms with Crippen molar-refractivity contribution in [3.8, 4) is 0 Å². The van der Waals surface area contributed by atoms with Crippen molar-refractivity contribution in [3.63, 3.8) is 0 Å². The highest BCUT2D eigenvalue weighted by Gasteiger charge is 2.35. The van der Waals surface area contributed by atoms with Crippen molar-refractivity contribution in [2.45, 2.75) is 27.7 Å². The number of fused-ring (bicyclic) bond motifs is 2. The SMILES string of the molecule is C[C@H](c1ccccc1)n1c(NS(=O)(=O)c2ccc(F)cc2)c(S(=O)(=O)c2ccccc2)c2nc3ccccc3nc21. The van der Waals surface area contributed by atoms with E-state index in [4.69, 9.17) is 9.97 Å². The van der Waals surface area contributed by atoms with E-state index >= 15 is 0 Å². The van der Waals surface area contributed by atoms with Gasteiger partial charge in [0.05, 0.1) is 26.9 Å². The summed E-state index contributed by atoms with van der Waals surface area (Å²) in [4.78, 5) is 8.87. The van der Waals surface area contributed by atoms with Crippen LogP contribution < -0.4 is 4.72 Å². The van der Waals surface area contributed by atoms with Crippen molar-refractivity contribution >= 4 is 47.9 Å². The highest BCUT2D eigenvalue weighted by molar-refractivity contribution is 7.93. The van der Waals surface area contributed by atoms with Crippen LogP contribution in [0.5, 0.6) is 0 Å². The van der Waals surface area contributed by atoms with Crippen molar-refractivity contribution < 1.29 is 21.2 Å². The molecule has 11 heteroatoms. The topological polar surface area (TPSA) is 111 Å². The predicted molar refractivity (Wildman–Crippen MR) is 154 cm³/mol. The molecule has 0 fully saturated rings. The molecular formula is C30H23FN4O4S2. The van der Waals surface area contributed by atoms with Gasteiger partial charge in [0.15, 0.2) is 5.65 Å². The van der Waals surface area contributed by atoms with Crippen LogP contribution in [0.15, 0.2) is 124 Å². The minimum atomic E-state index is -4.39. The molecule has 0 aliphatic heterocycles. The van der Waals surface area contributed by atoms with Gasteiger partial charge in [0.2, 0.25) is 9.84 Å². The van der Waals surface area contributed by atoms with Crippen LogP contribution in [-0.2, 0) is 19.9 Å². The number of aromatic nitrogens is 3. The van der Waals surface area contributed by atoms with Gasteiger partial charge >= 0.3 is 0 Å². The van der Waals surface area contributed by atoms with Crippen LogP contribution in [0.2, 0.25) is 0 Å². The number of sulfonamides is 1. The molecule has 206 valence electrons. The number of nitrogens with one attached hydrogen (secondary N) is 1. The average molecular weight is 587 g/mol. The van der Waals surface area contributed by atoms with Gasteiger partial charge < -0.3 is 4.57 Å². The van der Waals surface area contributed by atoms with Gasteiger partial charge in [-0.05, 0) is 61.0 Å². The zero-order valence-electron chi connectivity index (χ0n) is 21.6. The van der Waals surface area contributed by atoms with E-state index in [-0.39, 0.29) is 31.7 Å². The summed E-state index contributed by atoms with van der Waals surface area (Å²) in [5.74, 6) is -0.831. The van der Waals surface area contributed by atoms with E-state index in [1.807, 2.05) is 37.3 Å². The van der Waals surface area contributed by atoms with Crippen molar-refractivity contribution in [2.24, 2.45) is 0 Å². The molecule has 2 aromatic heterocycles. The third kappa shape index (κ3) is 4.72. The Labute approximate surface area is 236 Å². The van der Waals surface area contributed by atoms with Gasteiger partial charge in [-0.25, -0.2) is 31.2 Å². The largest absolute Gasteiger partial charge is 0.302 e. The molecule has 0 saturated heterocycles. The fourth-order valence-corrected chi connectivity index (χ4v) is 7.44. The lowest BCUT2D eigenvalue weighted by atomic mass is 10.1. The molecule has 0 saturated carbocycles. The maximum atomic E-state index is 14.3. The molecule has 0 aliphatic carbocycles. The fourth-order valence-electron chi connectivity index (χ4n) is 4.76. The first-order valence-corrected chi connectivity index (χ1v) is 15.6. The highest BCUT2D eigenvalue weighted by Crippen LogP contribution is 2.41. The van der Waals surface area contributed by atoms with Crippen LogP contribution in [-0.4, -0.2) is 31.4 Å². The molecule has 0 amide bonds. The molecular weight excluding hydrogens is 563 g/mol. The minimum absolute atomic E-state index is 0.0205. The summed E-state index contributed by atoms with van der Waals surface area (Å²) < 4.78 is 73.6. The first kappa shape index (κ1) is 26.6. The lowest BCUT2D eigenvalue weighted by Gasteiger charge is -2.20. The number of benzene rings is 4. The Morgan fingerprint density at radius 3 is 1.90 bits per heavy atom. The number of hydrogen-bond acceptors (Lipinski definition) is 6. The van der Waals surface area contributed by atoms with Crippen LogP contribution in [0, 0.1) is 5.82 Å². The third-order valence-electron chi connectivity index (χ3n) is 6.80. The Kier molecular flexibility index (Phi) is 6.55. The number of hydrogen-bond donors (Lipinski definition) is 1. The molecule has 0 bridgehead atoms. The smallest absolute Gasteiger partial charge is 0.263 e. The lowest BCUT2D eigenvalue weighted by molar-refractivity contribution is 0.595. The molecule has 1 atom stereocenters. The van der Waals surface area contributed by atoms with Crippen LogP contribution >= 0.6 is 0 Å².